The van der Waals surface area contributed by atoms with Crippen LogP contribution in [0.25, 0.3) is 0 Å². The first-order valence-corrected chi connectivity index (χ1v) is 5.55. The molecular formula is C13H13ClN2O. The van der Waals surface area contributed by atoms with E-state index < -0.39 is 0 Å². The minimum Gasteiger partial charge on any atom is -0.489 e. The molecule has 0 heterocycles. The van der Waals surface area contributed by atoms with Gasteiger partial charge >= 0.3 is 0 Å². The van der Waals surface area contributed by atoms with E-state index in [0.29, 0.717) is 28.8 Å². The Hall–Kier alpha value is -1.87. The Morgan fingerprint density at radius 3 is 2.53 bits per heavy atom. The van der Waals surface area contributed by atoms with Crippen LogP contribution in [0.3, 0.4) is 0 Å². The van der Waals surface area contributed by atoms with Gasteiger partial charge in [0, 0.05) is 11.1 Å². The molecule has 0 fully saturated rings. The van der Waals surface area contributed by atoms with Crippen molar-refractivity contribution in [2.45, 2.75) is 6.61 Å². The molecule has 17 heavy (non-hydrogen) atoms. The van der Waals surface area contributed by atoms with Crippen LogP contribution in [-0.4, -0.2) is 0 Å². The summed E-state index contributed by atoms with van der Waals surface area (Å²) in [5.41, 5.74) is 13.4. The first-order valence-electron chi connectivity index (χ1n) is 5.17. The topological polar surface area (TPSA) is 61.3 Å². The molecule has 4 heteroatoms. The number of ether oxygens (including phenoxy) is 1. The van der Waals surface area contributed by atoms with Gasteiger partial charge in [-0.2, -0.15) is 0 Å². The number of halogens is 1. The zero-order valence-electron chi connectivity index (χ0n) is 9.19. The second-order valence-electron chi connectivity index (χ2n) is 3.71. The molecule has 0 aliphatic rings. The maximum Gasteiger partial charge on any atom is 0.122 e. The van der Waals surface area contributed by atoms with Gasteiger partial charge in [0.05, 0.1) is 11.4 Å². The number of hydrogen-bond donors (Lipinski definition) is 2. The molecule has 0 radical (unpaired) electrons. The maximum absolute atomic E-state index is 5.88. The maximum atomic E-state index is 5.88. The van der Waals surface area contributed by atoms with E-state index in [1.807, 2.05) is 24.3 Å². The normalized spacial score (nSPS) is 10.2. The van der Waals surface area contributed by atoms with E-state index in [2.05, 4.69) is 0 Å². The Bertz CT molecular complexity index is 529. The highest BCUT2D eigenvalue weighted by atomic mass is 35.5. The van der Waals surface area contributed by atoms with E-state index >= 15 is 0 Å². The lowest BCUT2D eigenvalue weighted by atomic mass is 10.2. The Balaban J connectivity index is 2.05. The summed E-state index contributed by atoms with van der Waals surface area (Å²) in [5, 5.41) is 0.697. The predicted molar refractivity (Wildman–Crippen MR) is 71.1 cm³/mol. The molecule has 0 spiro atoms. The second kappa shape index (κ2) is 4.97. The van der Waals surface area contributed by atoms with Gasteiger partial charge in [0.25, 0.3) is 0 Å². The van der Waals surface area contributed by atoms with Gasteiger partial charge in [-0.25, -0.2) is 0 Å². The molecule has 0 aliphatic carbocycles. The summed E-state index contributed by atoms with van der Waals surface area (Å²) in [4.78, 5) is 0. The lowest BCUT2D eigenvalue weighted by Gasteiger charge is -2.08. The number of nitrogen functional groups attached to an aromatic ring is 2. The fourth-order valence-electron chi connectivity index (χ4n) is 1.44. The molecule has 2 aromatic carbocycles. The van der Waals surface area contributed by atoms with Crippen LogP contribution in [0.2, 0.25) is 5.02 Å². The average molecular weight is 249 g/mol. The molecule has 4 N–H and O–H groups in total. The molecule has 0 bridgehead atoms. The fraction of sp³-hybridized carbons (Fsp3) is 0.0769. The molecule has 0 saturated carbocycles. The van der Waals surface area contributed by atoms with Crippen LogP contribution in [-0.2, 0) is 6.61 Å². The van der Waals surface area contributed by atoms with Crippen molar-refractivity contribution in [1.82, 2.24) is 0 Å². The van der Waals surface area contributed by atoms with Crippen LogP contribution in [0.1, 0.15) is 5.56 Å². The number of rotatable bonds is 3. The van der Waals surface area contributed by atoms with Gasteiger partial charge in [0.1, 0.15) is 12.4 Å². The van der Waals surface area contributed by atoms with Crippen LogP contribution >= 0.6 is 11.6 Å². The Morgan fingerprint density at radius 2 is 1.82 bits per heavy atom. The van der Waals surface area contributed by atoms with Crippen molar-refractivity contribution in [1.29, 1.82) is 0 Å². The molecule has 2 rings (SSSR count). The largest absolute Gasteiger partial charge is 0.489 e. The predicted octanol–water partition coefficient (Wildman–Crippen LogP) is 3.08. The van der Waals surface area contributed by atoms with E-state index in [1.54, 1.807) is 18.2 Å². The fourth-order valence-corrected chi connectivity index (χ4v) is 1.65. The van der Waals surface area contributed by atoms with Crippen molar-refractivity contribution in [3.8, 4) is 5.75 Å². The SMILES string of the molecule is Nc1ccc(OCc2cccc(Cl)c2)cc1N. The minimum atomic E-state index is 0.448. The standard InChI is InChI=1S/C13H13ClN2O/c14-10-3-1-2-9(6-10)8-17-11-4-5-12(15)13(16)7-11/h1-7H,8,15-16H2. The molecule has 0 unspecified atom stereocenters. The molecule has 2 aromatic rings. The molecular weight excluding hydrogens is 236 g/mol. The monoisotopic (exact) mass is 248 g/mol. The number of benzene rings is 2. The summed E-state index contributed by atoms with van der Waals surface area (Å²) < 4.78 is 5.59. The highest BCUT2D eigenvalue weighted by Gasteiger charge is 1.99. The molecule has 0 aromatic heterocycles. The molecule has 3 nitrogen and oxygen atoms in total. The second-order valence-corrected chi connectivity index (χ2v) is 4.15. The molecule has 0 amide bonds. The van der Waals surface area contributed by atoms with Crippen molar-refractivity contribution in [3.05, 3.63) is 53.1 Å². The van der Waals surface area contributed by atoms with Crippen molar-refractivity contribution >= 4 is 23.0 Å². The summed E-state index contributed by atoms with van der Waals surface area (Å²) in [6.45, 7) is 0.448. The average Bonchev–Trinajstić information content (AvgIpc) is 2.31. The summed E-state index contributed by atoms with van der Waals surface area (Å²) in [5.74, 6) is 0.691. The third kappa shape index (κ3) is 3.04. The molecule has 0 aliphatic heterocycles. The Morgan fingerprint density at radius 1 is 1.00 bits per heavy atom. The van der Waals surface area contributed by atoms with Crippen molar-refractivity contribution in [3.63, 3.8) is 0 Å². The van der Waals surface area contributed by atoms with Crippen molar-refractivity contribution in [2.24, 2.45) is 0 Å². The van der Waals surface area contributed by atoms with Gasteiger partial charge in [-0.3, -0.25) is 0 Å². The van der Waals surface area contributed by atoms with Crippen molar-refractivity contribution in [2.75, 3.05) is 11.5 Å². The molecule has 0 atom stereocenters. The van der Waals surface area contributed by atoms with Crippen LogP contribution in [0.4, 0.5) is 11.4 Å². The third-order valence-electron chi connectivity index (χ3n) is 2.35. The van der Waals surface area contributed by atoms with E-state index in [9.17, 15) is 0 Å². The highest BCUT2D eigenvalue weighted by Crippen LogP contribution is 2.22. The summed E-state index contributed by atoms with van der Waals surface area (Å²) in [6, 6.07) is 12.7. The van der Waals surface area contributed by atoms with E-state index in [1.165, 1.54) is 0 Å². The number of anilines is 2. The van der Waals surface area contributed by atoms with Crippen molar-refractivity contribution < 1.29 is 4.74 Å². The van der Waals surface area contributed by atoms with E-state index in [4.69, 9.17) is 27.8 Å². The van der Waals surface area contributed by atoms with E-state index in [-0.39, 0.29) is 0 Å². The van der Waals surface area contributed by atoms with Gasteiger partial charge < -0.3 is 16.2 Å². The minimum absolute atomic E-state index is 0.448. The van der Waals surface area contributed by atoms with Gasteiger partial charge in [-0.15, -0.1) is 0 Å². The first-order chi connectivity index (χ1) is 8.15. The van der Waals surface area contributed by atoms with Gasteiger partial charge in [0.2, 0.25) is 0 Å². The lowest BCUT2D eigenvalue weighted by molar-refractivity contribution is 0.306. The summed E-state index contributed by atoms with van der Waals surface area (Å²) in [7, 11) is 0. The smallest absolute Gasteiger partial charge is 0.122 e. The Kier molecular flexibility index (Phi) is 3.40. The van der Waals surface area contributed by atoms with Crippen LogP contribution in [0.15, 0.2) is 42.5 Å². The molecule has 88 valence electrons. The first kappa shape index (κ1) is 11.6. The number of hydrogen-bond acceptors (Lipinski definition) is 3. The highest BCUT2D eigenvalue weighted by molar-refractivity contribution is 6.30. The summed E-state index contributed by atoms with van der Waals surface area (Å²) >= 11 is 5.88. The van der Waals surface area contributed by atoms with Crippen LogP contribution in [0, 0.1) is 0 Å². The van der Waals surface area contributed by atoms with Crippen LogP contribution < -0.4 is 16.2 Å². The van der Waals surface area contributed by atoms with Crippen LogP contribution in [0.5, 0.6) is 5.75 Å². The molecule has 0 saturated heterocycles. The summed E-state index contributed by atoms with van der Waals surface area (Å²) in [6.07, 6.45) is 0. The zero-order chi connectivity index (χ0) is 12.3. The number of nitrogens with two attached hydrogens (primary N) is 2. The van der Waals surface area contributed by atoms with Gasteiger partial charge in [-0.05, 0) is 29.8 Å². The van der Waals surface area contributed by atoms with Gasteiger partial charge in [0.15, 0.2) is 0 Å². The quantitative estimate of drug-likeness (QED) is 0.821. The third-order valence-corrected chi connectivity index (χ3v) is 2.59. The lowest BCUT2D eigenvalue weighted by Crippen LogP contribution is -1.98. The van der Waals surface area contributed by atoms with Gasteiger partial charge in [-0.1, -0.05) is 23.7 Å². The zero-order valence-corrected chi connectivity index (χ0v) is 9.95. The van der Waals surface area contributed by atoms with E-state index in [0.717, 1.165) is 5.56 Å². The Labute approximate surface area is 105 Å².